The molecule has 128 valence electrons. The van der Waals surface area contributed by atoms with E-state index in [0.717, 1.165) is 42.2 Å². The molecule has 0 aromatic heterocycles. The van der Waals surface area contributed by atoms with Crippen LogP contribution in [0.25, 0.3) is 0 Å². The molecule has 1 aliphatic heterocycles. The number of carbonyl (C=O) groups is 1. The fourth-order valence-electron chi connectivity index (χ4n) is 2.67. The molecule has 0 radical (unpaired) electrons. The number of sulfonamides is 1. The number of amides is 1. The zero-order valence-corrected chi connectivity index (χ0v) is 15.5. The van der Waals surface area contributed by atoms with Gasteiger partial charge in [-0.2, -0.15) is 0 Å². The molecule has 1 atom stereocenters. The molecule has 1 aromatic rings. The Morgan fingerprint density at radius 3 is 2.65 bits per heavy atom. The lowest BCUT2D eigenvalue weighted by atomic mass is 10.0. The van der Waals surface area contributed by atoms with Gasteiger partial charge in [0.15, 0.2) is 0 Å². The predicted molar refractivity (Wildman–Crippen MR) is 94.8 cm³/mol. The molecule has 0 saturated carbocycles. The second-order valence-electron chi connectivity index (χ2n) is 5.80. The molecule has 1 unspecified atom stereocenters. The van der Waals surface area contributed by atoms with Crippen molar-refractivity contribution in [1.82, 2.24) is 9.62 Å². The van der Waals surface area contributed by atoms with Gasteiger partial charge in [-0.25, -0.2) is 13.1 Å². The van der Waals surface area contributed by atoms with Gasteiger partial charge in [0.1, 0.15) is 0 Å². The predicted octanol–water partition coefficient (Wildman–Crippen LogP) is 1.79. The number of piperidine rings is 1. The summed E-state index contributed by atoms with van der Waals surface area (Å²) in [5.41, 5.74) is 0.751. The van der Waals surface area contributed by atoms with E-state index in [0.29, 0.717) is 6.54 Å². The third kappa shape index (κ3) is 6.58. The highest BCUT2D eigenvalue weighted by molar-refractivity contribution is 9.10. The Bertz CT molecular complexity index is 634. The zero-order chi connectivity index (χ0) is 16.9. The molecule has 0 bridgehead atoms. The highest BCUT2D eigenvalue weighted by Gasteiger charge is 2.24. The van der Waals surface area contributed by atoms with Gasteiger partial charge < -0.3 is 5.32 Å². The minimum Gasteiger partial charge on any atom is -0.325 e. The van der Waals surface area contributed by atoms with Gasteiger partial charge in [-0.15, -0.1) is 0 Å². The molecule has 8 heteroatoms. The molecule has 2 rings (SSSR count). The van der Waals surface area contributed by atoms with E-state index >= 15 is 0 Å². The van der Waals surface area contributed by atoms with Crippen molar-refractivity contribution in [2.75, 3.05) is 31.2 Å². The van der Waals surface area contributed by atoms with Gasteiger partial charge in [-0.05, 0) is 43.7 Å². The summed E-state index contributed by atoms with van der Waals surface area (Å²) in [5, 5.41) is 2.87. The van der Waals surface area contributed by atoms with Crippen molar-refractivity contribution in [1.29, 1.82) is 0 Å². The molecule has 23 heavy (non-hydrogen) atoms. The van der Waals surface area contributed by atoms with Gasteiger partial charge in [0.25, 0.3) is 0 Å². The minimum atomic E-state index is -3.21. The van der Waals surface area contributed by atoms with E-state index in [1.54, 1.807) is 0 Å². The van der Waals surface area contributed by atoms with Crippen LogP contribution in [0.4, 0.5) is 5.69 Å². The lowest BCUT2D eigenvalue weighted by Gasteiger charge is -2.35. The number of anilines is 1. The van der Waals surface area contributed by atoms with Gasteiger partial charge >= 0.3 is 0 Å². The van der Waals surface area contributed by atoms with E-state index in [4.69, 9.17) is 0 Å². The van der Waals surface area contributed by atoms with Crippen molar-refractivity contribution >= 4 is 37.5 Å². The Morgan fingerprint density at radius 1 is 1.30 bits per heavy atom. The third-order valence-electron chi connectivity index (χ3n) is 3.80. The molecule has 1 heterocycles. The Balaban J connectivity index is 1.90. The summed E-state index contributed by atoms with van der Waals surface area (Å²) in [6, 6.07) is 7.47. The largest absolute Gasteiger partial charge is 0.325 e. The number of nitrogens with zero attached hydrogens (tertiary/aromatic N) is 1. The number of hydrogen-bond donors (Lipinski definition) is 2. The average molecular weight is 404 g/mol. The van der Waals surface area contributed by atoms with Gasteiger partial charge in [-0.3, -0.25) is 9.69 Å². The Hall–Kier alpha value is -0.960. The molecule has 1 saturated heterocycles. The molecule has 0 spiro atoms. The summed E-state index contributed by atoms with van der Waals surface area (Å²) in [5.74, 6) is -0.0846. The van der Waals surface area contributed by atoms with Crippen LogP contribution in [0.15, 0.2) is 28.7 Å². The van der Waals surface area contributed by atoms with Crippen LogP contribution in [0.3, 0.4) is 0 Å². The van der Waals surface area contributed by atoms with E-state index in [1.165, 1.54) is 0 Å². The van der Waals surface area contributed by atoms with Gasteiger partial charge in [0.05, 0.1) is 12.8 Å². The van der Waals surface area contributed by atoms with Crippen LogP contribution >= 0.6 is 15.9 Å². The quantitative estimate of drug-likeness (QED) is 0.758. The number of hydrogen-bond acceptors (Lipinski definition) is 4. The molecule has 6 nitrogen and oxygen atoms in total. The van der Waals surface area contributed by atoms with Crippen LogP contribution < -0.4 is 10.0 Å². The molecular weight excluding hydrogens is 382 g/mol. The Morgan fingerprint density at radius 2 is 2.00 bits per heavy atom. The van der Waals surface area contributed by atoms with Gasteiger partial charge in [0.2, 0.25) is 15.9 Å². The van der Waals surface area contributed by atoms with E-state index in [1.807, 2.05) is 24.3 Å². The highest BCUT2D eigenvalue weighted by Crippen LogP contribution is 2.17. The van der Waals surface area contributed by atoms with Crippen LogP contribution in [0, 0.1) is 0 Å². The van der Waals surface area contributed by atoms with Crippen molar-refractivity contribution in [2.24, 2.45) is 0 Å². The van der Waals surface area contributed by atoms with E-state index in [9.17, 15) is 13.2 Å². The first-order chi connectivity index (χ1) is 10.8. The van der Waals surface area contributed by atoms with Crippen molar-refractivity contribution < 1.29 is 13.2 Å². The van der Waals surface area contributed by atoms with E-state index < -0.39 is 10.0 Å². The second-order valence-corrected chi connectivity index (χ2v) is 8.54. The molecule has 2 N–H and O–H groups in total. The van der Waals surface area contributed by atoms with Crippen molar-refractivity contribution in [2.45, 2.75) is 25.3 Å². The first kappa shape index (κ1) is 18.4. The average Bonchev–Trinajstić information content (AvgIpc) is 2.48. The lowest BCUT2D eigenvalue weighted by Crippen LogP contribution is -2.49. The van der Waals surface area contributed by atoms with Crippen LogP contribution in [0.2, 0.25) is 0 Å². The maximum Gasteiger partial charge on any atom is 0.238 e. The zero-order valence-electron chi connectivity index (χ0n) is 13.1. The number of benzene rings is 1. The maximum absolute atomic E-state index is 12.2. The fourth-order valence-corrected chi connectivity index (χ4v) is 3.42. The number of nitrogens with one attached hydrogen (secondary N) is 2. The number of likely N-dealkylation sites (tertiary alicyclic amines) is 1. The highest BCUT2D eigenvalue weighted by atomic mass is 79.9. The third-order valence-corrected chi connectivity index (χ3v) is 5.02. The molecule has 1 amide bonds. The number of rotatable bonds is 6. The Labute approximate surface area is 145 Å². The van der Waals surface area contributed by atoms with E-state index in [-0.39, 0.29) is 18.5 Å². The van der Waals surface area contributed by atoms with Crippen molar-refractivity contribution in [3.63, 3.8) is 0 Å². The maximum atomic E-state index is 12.2. The number of carbonyl (C=O) groups excluding carboxylic acids is 1. The first-order valence-electron chi connectivity index (χ1n) is 7.57. The standard InChI is InChI=1S/C15H22BrN3O3S/c1-23(21,22)17-10-14-4-2-3-9-19(14)11-15(20)18-13-7-5-12(16)6-8-13/h5-8,14,17H,2-4,9-11H2,1H3,(H,18,20). The molecule has 1 fully saturated rings. The molecule has 0 aliphatic carbocycles. The first-order valence-corrected chi connectivity index (χ1v) is 10.3. The molecule has 1 aromatic carbocycles. The van der Waals surface area contributed by atoms with Gasteiger partial charge in [-0.1, -0.05) is 22.4 Å². The smallest absolute Gasteiger partial charge is 0.238 e. The molecule has 1 aliphatic rings. The summed E-state index contributed by atoms with van der Waals surface area (Å²) in [6.45, 7) is 1.43. The fraction of sp³-hybridized carbons (Fsp3) is 0.533. The van der Waals surface area contributed by atoms with Crippen molar-refractivity contribution in [3.8, 4) is 0 Å². The SMILES string of the molecule is CS(=O)(=O)NCC1CCCCN1CC(=O)Nc1ccc(Br)cc1. The van der Waals surface area contributed by atoms with Crippen molar-refractivity contribution in [3.05, 3.63) is 28.7 Å². The van der Waals surface area contributed by atoms with Crippen LogP contribution in [0.5, 0.6) is 0 Å². The second kappa shape index (κ2) is 8.23. The van der Waals surface area contributed by atoms with Crippen LogP contribution in [-0.2, 0) is 14.8 Å². The topological polar surface area (TPSA) is 78.5 Å². The minimum absolute atomic E-state index is 0.0640. The summed E-state index contributed by atoms with van der Waals surface area (Å²) < 4.78 is 26.0. The van der Waals surface area contributed by atoms with E-state index in [2.05, 4.69) is 30.9 Å². The van der Waals surface area contributed by atoms with Gasteiger partial charge in [0, 0.05) is 22.7 Å². The normalized spacial score (nSPS) is 19.5. The lowest BCUT2D eigenvalue weighted by molar-refractivity contribution is -0.118. The summed E-state index contributed by atoms with van der Waals surface area (Å²) >= 11 is 3.36. The molecular formula is C15H22BrN3O3S. The van der Waals surface area contributed by atoms with Crippen LogP contribution in [0.1, 0.15) is 19.3 Å². The Kier molecular flexibility index (Phi) is 6.58. The number of halogens is 1. The summed E-state index contributed by atoms with van der Waals surface area (Å²) in [7, 11) is -3.21. The van der Waals surface area contributed by atoms with Crippen LogP contribution in [-0.4, -0.2) is 51.2 Å². The monoisotopic (exact) mass is 403 g/mol. The summed E-state index contributed by atoms with van der Waals surface area (Å²) in [4.78, 5) is 14.3. The summed E-state index contributed by atoms with van der Waals surface area (Å²) in [6.07, 6.45) is 4.14.